The van der Waals surface area contributed by atoms with Crippen molar-refractivity contribution in [2.24, 2.45) is 0 Å². The van der Waals surface area contributed by atoms with Crippen molar-refractivity contribution in [3.05, 3.63) is 13.5 Å². The molecule has 0 spiro atoms. The van der Waals surface area contributed by atoms with E-state index in [4.69, 9.17) is 0 Å². The van der Waals surface area contributed by atoms with Crippen molar-refractivity contribution in [2.45, 2.75) is 13.8 Å². The molecule has 0 saturated heterocycles. The van der Waals surface area contributed by atoms with E-state index in [1.165, 1.54) is 6.04 Å². The summed E-state index contributed by atoms with van der Waals surface area (Å²) in [6.45, 7) is 4.06. The maximum Gasteiger partial charge on any atom is 3.00 e. The Morgan fingerprint density at radius 1 is 1.29 bits per heavy atom. The molecule has 1 nitrogen and oxygen atoms in total. The maximum atomic E-state index is 2.94. The van der Waals surface area contributed by atoms with Crippen LogP contribution in [0.1, 0.15) is 13.8 Å². The van der Waals surface area contributed by atoms with Gasteiger partial charge in [-0.25, -0.2) is 0 Å². The Morgan fingerprint density at radius 2 is 1.43 bits per heavy atom. The molecule has 0 radical (unpaired) electrons. The molecule has 2 heteroatoms. The zero-order chi connectivity index (χ0) is 4.28. The summed E-state index contributed by atoms with van der Waals surface area (Å²) in [6.07, 6.45) is 0. The van der Waals surface area contributed by atoms with E-state index < -0.39 is 0 Å². The molecule has 0 aromatic heterocycles. The second-order valence-electron chi connectivity index (χ2n) is 1.25. The van der Waals surface area contributed by atoms with Crippen molar-refractivity contribution in [1.29, 1.82) is 0 Å². The topological polar surface area (TPSA) is 12.0 Å². The molecule has 0 heterocycles. The molecule has 0 saturated carbocycles. The van der Waals surface area contributed by atoms with Gasteiger partial charge in [-0.2, -0.15) is 13.8 Å². The van der Waals surface area contributed by atoms with Gasteiger partial charge in [-0.3, -0.25) is 6.04 Å². The van der Waals surface area contributed by atoms with Crippen LogP contribution >= 0.6 is 0 Å². The average Bonchev–Trinajstić information content (AvgIpc) is 1.38. The van der Waals surface area contributed by atoms with Crippen LogP contribution in [0.3, 0.4) is 0 Å². The molecule has 0 fully saturated rings. The van der Waals surface area contributed by atoms with Gasteiger partial charge in [-0.1, -0.05) is 0 Å². The summed E-state index contributed by atoms with van der Waals surface area (Å²) < 4.78 is 0. The van der Waals surface area contributed by atoms with Gasteiger partial charge >= 0.3 is 32.7 Å². The van der Waals surface area contributed by atoms with Crippen molar-refractivity contribution in [3.8, 4) is 0 Å². The third kappa shape index (κ3) is 19.3. The molecule has 1 N–H and O–H groups in total. The molecule has 0 unspecified atom stereocenters. The van der Waals surface area contributed by atoms with E-state index in [0.717, 1.165) is 0 Å². The summed E-state index contributed by atoms with van der Waals surface area (Å²) in [5, 5.41) is 2.94. The zero-order valence-electron chi connectivity index (χ0n) is 5.58. The van der Waals surface area contributed by atoms with Crippen molar-refractivity contribution in [3.63, 3.8) is 0 Å². The molecule has 0 bridgehead atoms. The first kappa shape index (κ1) is 15.7. The number of hydrogen-bond acceptors (Lipinski definition) is 1. The van der Waals surface area contributed by atoms with Crippen molar-refractivity contribution >= 4 is 0 Å². The normalized spacial score (nSPS) is 6.86. The largest absolute Gasteiger partial charge is 3.00 e. The van der Waals surface area contributed by atoms with Gasteiger partial charge in [-0.15, -0.1) is 0 Å². The van der Waals surface area contributed by atoms with Crippen LogP contribution in [0.5, 0.6) is 0 Å². The Hall–Kier alpha value is 1.06. The van der Waals surface area contributed by atoms with Gasteiger partial charge in [0.1, 0.15) is 0 Å². The minimum absolute atomic E-state index is 0. The quantitative estimate of drug-likeness (QED) is 0.592. The third-order valence-electron chi connectivity index (χ3n) is 0.500. The number of hydrogen-bond donors (Lipinski definition) is 1. The van der Waals surface area contributed by atoms with Crippen LogP contribution in [-0.4, -0.2) is 7.05 Å². The van der Waals surface area contributed by atoms with Crippen LogP contribution in [0.15, 0.2) is 0 Å². The number of nitrogens with one attached hydrogen (secondary N) is 1. The monoisotopic (exact) mass is 176 g/mol. The summed E-state index contributed by atoms with van der Waals surface area (Å²) in [6, 6.07) is 1.25. The molecule has 0 aliphatic rings. The average molecular weight is 176 g/mol. The second kappa shape index (κ2) is 10.1. The van der Waals surface area contributed by atoms with Crippen LogP contribution in [0.2, 0.25) is 0 Å². The molecule has 0 aliphatic heterocycles. The minimum atomic E-state index is 0. The summed E-state index contributed by atoms with van der Waals surface area (Å²) in [4.78, 5) is 0. The van der Waals surface area contributed by atoms with Gasteiger partial charge in [0.25, 0.3) is 0 Å². The van der Waals surface area contributed by atoms with Crippen molar-refractivity contribution in [2.75, 3.05) is 7.05 Å². The molecule has 0 atom stereocenters. The van der Waals surface area contributed by atoms with Crippen molar-refractivity contribution < 1.29 is 32.7 Å². The van der Waals surface area contributed by atoms with E-state index in [0.29, 0.717) is 0 Å². The molecule has 0 aromatic rings. The number of rotatable bonds is 1. The van der Waals surface area contributed by atoms with Crippen LogP contribution in [-0.2, 0) is 32.7 Å². The molecular formula is C5H13NY+. The molecule has 0 aromatic carbocycles. The first-order valence-corrected chi connectivity index (χ1v) is 1.75. The molecular weight excluding hydrogens is 163 g/mol. The second-order valence-corrected chi connectivity index (χ2v) is 1.25. The Morgan fingerprint density at radius 3 is 1.43 bits per heavy atom. The first-order chi connectivity index (χ1) is 2.27. The van der Waals surface area contributed by atoms with Gasteiger partial charge < -0.3 is 12.7 Å². The molecule has 0 aliphatic carbocycles. The van der Waals surface area contributed by atoms with Gasteiger partial charge in [0.05, 0.1) is 0 Å². The fraction of sp³-hybridized carbons (Fsp3) is 0.600. The van der Waals surface area contributed by atoms with Gasteiger partial charge in [0.2, 0.25) is 0 Å². The van der Waals surface area contributed by atoms with Gasteiger partial charge in [0, 0.05) is 0 Å². The summed E-state index contributed by atoms with van der Waals surface area (Å²) in [5.74, 6) is 0. The fourth-order valence-corrected chi connectivity index (χ4v) is 0. The predicted octanol–water partition coefficient (Wildman–Crippen LogP) is 1.23. The molecule has 40 valence electrons. The predicted molar refractivity (Wildman–Crippen MR) is 30.1 cm³/mol. The summed E-state index contributed by atoms with van der Waals surface area (Å²) >= 11 is 0. The Kier molecular flexibility index (Phi) is 22.7. The minimum Gasteiger partial charge on any atom is -0.470 e. The SMILES string of the molecule is CN[C-](C)C.[CH3-].[Y+3]. The van der Waals surface area contributed by atoms with Crippen LogP contribution in [0.25, 0.3) is 0 Å². The van der Waals surface area contributed by atoms with Gasteiger partial charge in [0.15, 0.2) is 0 Å². The zero-order valence-corrected chi connectivity index (χ0v) is 8.42. The van der Waals surface area contributed by atoms with E-state index in [-0.39, 0.29) is 40.1 Å². The van der Waals surface area contributed by atoms with Crippen molar-refractivity contribution in [1.82, 2.24) is 5.32 Å². The van der Waals surface area contributed by atoms with Crippen LogP contribution in [0.4, 0.5) is 0 Å². The molecule has 7 heavy (non-hydrogen) atoms. The Balaban J connectivity index is -0.0000000800. The third-order valence-corrected chi connectivity index (χ3v) is 0.500. The van der Waals surface area contributed by atoms with E-state index >= 15 is 0 Å². The molecule has 0 amide bonds. The van der Waals surface area contributed by atoms with E-state index in [1.54, 1.807) is 0 Å². The van der Waals surface area contributed by atoms with Crippen LogP contribution < -0.4 is 5.32 Å². The standard InChI is InChI=1S/C4H10N.CH3.Y/c1-4(2)5-3;;/h5H,1-3H3;1H3;/q2*-1;+3. The first-order valence-electron chi connectivity index (χ1n) is 1.75. The Bertz CT molecular complexity index is 22.0. The summed E-state index contributed by atoms with van der Waals surface area (Å²) in [7, 11) is 1.91. The van der Waals surface area contributed by atoms with E-state index in [9.17, 15) is 0 Å². The smallest absolute Gasteiger partial charge is 0.470 e. The fourth-order valence-electron chi connectivity index (χ4n) is 0. The van der Waals surface area contributed by atoms with E-state index in [1.807, 2.05) is 20.9 Å². The molecule has 0 rings (SSSR count). The maximum absolute atomic E-state index is 2.94. The summed E-state index contributed by atoms with van der Waals surface area (Å²) in [5.41, 5.74) is 0. The van der Waals surface area contributed by atoms with Crippen LogP contribution in [0, 0.1) is 13.5 Å². The Labute approximate surface area is 72.1 Å². The van der Waals surface area contributed by atoms with E-state index in [2.05, 4.69) is 5.32 Å². The van der Waals surface area contributed by atoms with Gasteiger partial charge in [-0.05, 0) is 7.05 Å².